The van der Waals surface area contributed by atoms with Crippen molar-refractivity contribution in [3.05, 3.63) is 36.2 Å². The molecule has 3 rings (SSSR count). The zero-order valence-electron chi connectivity index (χ0n) is 12.9. The van der Waals surface area contributed by atoms with E-state index in [0.717, 1.165) is 30.0 Å². The summed E-state index contributed by atoms with van der Waals surface area (Å²) in [6.07, 6.45) is 7.62. The van der Waals surface area contributed by atoms with Gasteiger partial charge in [0.25, 0.3) is 0 Å². The van der Waals surface area contributed by atoms with Crippen molar-refractivity contribution in [2.75, 3.05) is 5.73 Å². The van der Waals surface area contributed by atoms with Crippen LogP contribution in [-0.4, -0.2) is 9.55 Å². The molecule has 1 aromatic carbocycles. The van der Waals surface area contributed by atoms with Gasteiger partial charge in [-0.2, -0.15) is 0 Å². The molecule has 3 nitrogen and oxygen atoms in total. The smallest absolute Gasteiger partial charge is 0.131 e. The number of hydrogen-bond acceptors (Lipinski definition) is 2. The third kappa shape index (κ3) is 2.82. The highest BCUT2D eigenvalue weighted by Gasteiger charge is 2.24. The second-order valence-electron chi connectivity index (χ2n) is 6.06. The first-order valence-corrected chi connectivity index (χ1v) is 8.22. The van der Waals surface area contributed by atoms with Gasteiger partial charge in [-0.15, -0.1) is 0 Å². The third-order valence-corrected chi connectivity index (χ3v) is 4.50. The van der Waals surface area contributed by atoms with Crippen molar-refractivity contribution in [2.45, 2.75) is 57.9 Å². The van der Waals surface area contributed by atoms with Crippen LogP contribution < -0.4 is 5.73 Å². The third-order valence-electron chi connectivity index (χ3n) is 4.50. The van der Waals surface area contributed by atoms with Crippen LogP contribution in [0.3, 0.4) is 0 Å². The normalized spacial score (nSPS) is 16.2. The maximum absolute atomic E-state index is 6.43. The molecule has 1 fully saturated rings. The Morgan fingerprint density at radius 2 is 1.86 bits per heavy atom. The van der Waals surface area contributed by atoms with E-state index in [2.05, 4.69) is 23.6 Å². The number of aromatic nitrogens is 2. The fourth-order valence-electron chi connectivity index (χ4n) is 3.42. The lowest BCUT2D eigenvalue weighted by atomic mass is 9.88. The maximum Gasteiger partial charge on any atom is 0.131 e. The second kappa shape index (κ2) is 6.33. The van der Waals surface area contributed by atoms with Crippen molar-refractivity contribution >= 4 is 5.82 Å². The molecular formula is C18H25N3. The highest BCUT2D eigenvalue weighted by molar-refractivity contribution is 5.71. The predicted octanol–water partition coefficient (Wildman–Crippen LogP) is 4.59. The average Bonchev–Trinajstić information content (AvgIpc) is 2.87. The Kier molecular flexibility index (Phi) is 4.28. The maximum atomic E-state index is 6.43. The summed E-state index contributed by atoms with van der Waals surface area (Å²) in [7, 11) is 0. The van der Waals surface area contributed by atoms with Gasteiger partial charge in [-0.05, 0) is 19.3 Å². The molecule has 1 aliphatic rings. The fraction of sp³-hybridized carbons (Fsp3) is 0.500. The summed E-state index contributed by atoms with van der Waals surface area (Å²) >= 11 is 0. The molecule has 1 aliphatic carbocycles. The van der Waals surface area contributed by atoms with Crippen LogP contribution in [0.2, 0.25) is 0 Å². The Hall–Kier alpha value is -1.77. The van der Waals surface area contributed by atoms with Crippen molar-refractivity contribution in [3.8, 4) is 11.3 Å². The highest BCUT2D eigenvalue weighted by Crippen LogP contribution is 2.36. The van der Waals surface area contributed by atoms with Crippen molar-refractivity contribution in [1.29, 1.82) is 0 Å². The molecule has 0 radical (unpaired) electrons. The summed E-state index contributed by atoms with van der Waals surface area (Å²) in [6, 6.07) is 10.3. The molecule has 3 heteroatoms. The Morgan fingerprint density at radius 3 is 2.52 bits per heavy atom. The number of benzene rings is 1. The van der Waals surface area contributed by atoms with E-state index in [1.807, 2.05) is 18.2 Å². The lowest BCUT2D eigenvalue weighted by Crippen LogP contribution is -2.13. The second-order valence-corrected chi connectivity index (χ2v) is 6.06. The summed E-state index contributed by atoms with van der Waals surface area (Å²) in [4.78, 5) is 4.96. The number of nitrogen functional groups attached to an aromatic ring is 1. The zero-order chi connectivity index (χ0) is 14.7. The number of rotatable bonds is 4. The lowest BCUT2D eigenvalue weighted by molar-refractivity contribution is 0.415. The van der Waals surface area contributed by atoms with Crippen LogP contribution >= 0.6 is 0 Å². The minimum Gasteiger partial charge on any atom is -0.383 e. The number of hydrogen-bond donors (Lipinski definition) is 1. The molecule has 0 saturated heterocycles. The van der Waals surface area contributed by atoms with Gasteiger partial charge in [0.1, 0.15) is 17.3 Å². The Bertz CT molecular complexity index is 580. The van der Waals surface area contributed by atoms with E-state index in [9.17, 15) is 0 Å². The molecule has 0 amide bonds. The molecule has 112 valence electrons. The quantitative estimate of drug-likeness (QED) is 0.891. The van der Waals surface area contributed by atoms with E-state index >= 15 is 0 Å². The van der Waals surface area contributed by atoms with Gasteiger partial charge in [-0.25, -0.2) is 4.98 Å². The van der Waals surface area contributed by atoms with Gasteiger partial charge in [0, 0.05) is 18.0 Å². The van der Waals surface area contributed by atoms with E-state index < -0.39 is 0 Å². The summed E-state index contributed by atoms with van der Waals surface area (Å²) in [5.41, 5.74) is 8.52. The lowest BCUT2D eigenvalue weighted by Gasteiger charge is -2.22. The van der Waals surface area contributed by atoms with E-state index in [4.69, 9.17) is 10.7 Å². The molecule has 0 spiro atoms. The van der Waals surface area contributed by atoms with E-state index in [0.29, 0.717) is 5.92 Å². The van der Waals surface area contributed by atoms with Gasteiger partial charge < -0.3 is 10.3 Å². The van der Waals surface area contributed by atoms with E-state index in [1.54, 1.807) is 0 Å². The van der Waals surface area contributed by atoms with Crippen LogP contribution in [0.25, 0.3) is 11.3 Å². The standard InChI is InChI=1S/C18H25N3/c1-2-13-21-17(19)16(14-9-5-3-6-10-14)20-18(21)15-11-7-4-8-12-15/h3,5-6,9-10,15H,2,4,7-8,11-13,19H2,1H3. The first-order chi connectivity index (χ1) is 10.3. The van der Waals surface area contributed by atoms with Gasteiger partial charge >= 0.3 is 0 Å². The summed E-state index contributed by atoms with van der Waals surface area (Å²) in [5, 5.41) is 0. The Morgan fingerprint density at radius 1 is 1.14 bits per heavy atom. The number of imidazole rings is 1. The van der Waals surface area contributed by atoms with Crippen LogP contribution in [0, 0.1) is 0 Å². The monoisotopic (exact) mass is 283 g/mol. The minimum absolute atomic E-state index is 0.588. The van der Waals surface area contributed by atoms with Gasteiger partial charge in [0.15, 0.2) is 0 Å². The minimum atomic E-state index is 0.588. The molecule has 1 saturated carbocycles. The SMILES string of the molecule is CCCn1c(C2CCCCC2)nc(-c2ccccc2)c1N. The first kappa shape index (κ1) is 14.2. The number of anilines is 1. The molecule has 2 aromatic rings. The van der Waals surface area contributed by atoms with Crippen molar-refractivity contribution in [2.24, 2.45) is 0 Å². The average molecular weight is 283 g/mol. The number of nitrogens with two attached hydrogens (primary N) is 1. The molecule has 2 N–H and O–H groups in total. The summed E-state index contributed by atoms with van der Waals surface area (Å²) in [6.45, 7) is 3.17. The van der Waals surface area contributed by atoms with E-state index in [1.165, 1.54) is 37.9 Å². The summed E-state index contributed by atoms with van der Waals surface area (Å²) < 4.78 is 2.26. The number of nitrogens with zero attached hydrogens (tertiary/aromatic N) is 2. The van der Waals surface area contributed by atoms with Crippen LogP contribution in [0.4, 0.5) is 5.82 Å². The topological polar surface area (TPSA) is 43.8 Å². The molecule has 1 aromatic heterocycles. The molecular weight excluding hydrogens is 258 g/mol. The highest BCUT2D eigenvalue weighted by atomic mass is 15.1. The van der Waals surface area contributed by atoms with Crippen molar-refractivity contribution < 1.29 is 0 Å². The molecule has 21 heavy (non-hydrogen) atoms. The van der Waals surface area contributed by atoms with Crippen LogP contribution in [0.1, 0.15) is 57.2 Å². The largest absolute Gasteiger partial charge is 0.383 e. The van der Waals surface area contributed by atoms with E-state index in [-0.39, 0.29) is 0 Å². The zero-order valence-corrected chi connectivity index (χ0v) is 12.9. The summed E-state index contributed by atoms with van der Waals surface area (Å²) in [5.74, 6) is 2.64. The van der Waals surface area contributed by atoms with Crippen LogP contribution in [0.15, 0.2) is 30.3 Å². The van der Waals surface area contributed by atoms with Gasteiger partial charge in [-0.1, -0.05) is 56.5 Å². The molecule has 0 aliphatic heterocycles. The Balaban J connectivity index is 2.02. The van der Waals surface area contributed by atoms with Gasteiger partial charge in [0.05, 0.1) is 0 Å². The molecule has 0 bridgehead atoms. The van der Waals surface area contributed by atoms with Crippen LogP contribution in [-0.2, 0) is 6.54 Å². The van der Waals surface area contributed by atoms with Crippen molar-refractivity contribution in [1.82, 2.24) is 9.55 Å². The van der Waals surface area contributed by atoms with Crippen molar-refractivity contribution in [3.63, 3.8) is 0 Å². The van der Waals surface area contributed by atoms with Gasteiger partial charge in [0.2, 0.25) is 0 Å². The molecule has 0 atom stereocenters. The predicted molar refractivity (Wildman–Crippen MR) is 88.2 cm³/mol. The fourth-order valence-corrected chi connectivity index (χ4v) is 3.42. The first-order valence-electron chi connectivity index (χ1n) is 8.22. The van der Waals surface area contributed by atoms with Gasteiger partial charge in [-0.3, -0.25) is 0 Å². The molecule has 0 unspecified atom stereocenters. The van der Waals surface area contributed by atoms with Crippen LogP contribution in [0.5, 0.6) is 0 Å². The molecule has 1 heterocycles. The Labute approximate surface area is 127 Å².